The third kappa shape index (κ3) is 3.83. The quantitative estimate of drug-likeness (QED) is 0.697. The summed E-state index contributed by atoms with van der Waals surface area (Å²) in [6.45, 7) is 3.87. The lowest BCUT2D eigenvalue weighted by atomic mass is 10.1. The minimum Gasteiger partial charge on any atom is -0.545 e. The Kier molecular flexibility index (Phi) is 4.60. The predicted molar refractivity (Wildman–Crippen MR) is 82.8 cm³/mol. The minimum absolute atomic E-state index is 0.0464. The summed E-state index contributed by atoms with van der Waals surface area (Å²) in [6, 6.07) is 12.2. The Morgan fingerprint density at radius 3 is 2.38 bits per heavy atom. The standard InChI is InChI=1S/C16H15ClN2O2/c1-10-3-5-12(6-4-10)11(2)18-19-15-9-13(16(20)21)7-8-14(15)17/h3-9,19H,1-2H3,(H,20,21)/p-1/b18-11-. The van der Waals surface area contributed by atoms with E-state index in [0.717, 1.165) is 11.3 Å². The van der Waals surface area contributed by atoms with Gasteiger partial charge in [-0.1, -0.05) is 47.5 Å². The second-order valence-corrected chi connectivity index (χ2v) is 5.06. The number of carboxylic acids is 1. The van der Waals surface area contributed by atoms with Gasteiger partial charge in [0.15, 0.2) is 0 Å². The summed E-state index contributed by atoms with van der Waals surface area (Å²) in [5.41, 5.74) is 6.16. The smallest absolute Gasteiger partial charge is 0.0754 e. The molecule has 0 bridgehead atoms. The van der Waals surface area contributed by atoms with Crippen LogP contribution >= 0.6 is 11.6 Å². The molecule has 4 nitrogen and oxygen atoms in total. The van der Waals surface area contributed by atoms with Crippen molar-refractivity contribution in [1.82, 2.24) is 0 Å². The zero-order valence-corrected chi connectivity index (χ0v) is 12.4. The summed E-state index contributed by atoms with van der Waals surface area (Å²) in [5.74, 6) is -1.26. The van der Waals surface area contributed by atoms with Gasteiger partial charge in [-0.2, -0.15) is 5.10 Å². The zero-order chi connectivity index (χ0) is 15.4. The Labute approximate surface area is 128 Å². The first-order valence-corrected chi connectivity index (χ1v) is 6.73. The van der Waals surface area contributed by atoms with Gasteiger partial charge in [0.05, 0.1) is 22.4 Å². The number of rotatable bonds is 4. The SMILES string of the molecule is C/C(=N/Nc1cc(C(=O)[O-])ccc1Cl)c1ccc(C)cc1. The molecule has 2 aromatic carbocycles. The van der Waals surface area contributed by atoms with Crippen LogP contribution in [0.4, 0.5) is 5.69 Å². The molecule has 0 saturated carbocycles. The molecular formula is C16H14ClN2O2-. The molecule has 0 spiro atoms. The average molecular weight is 302 g/mol. The fourth-order valence-electron chi connectivity index (χ4n) is 1.74. The number of nitrogens with zero attached hydrogens (tertiary/aromatic N) is 1. The van der Waals surface area contributed by atoms with Crippen molar-refractivity contribution >= 4 is 29.0 Å². The molecule has 0 fully saturated rings. The van der Waals surface area contributed by atoms with Crippen molar-refractivity contribution in [2.45, 2.75) is 13.8 Å². The minimum atomic E-state index is -1.26. The Hall–Kier alpha value is -2.33. The van der Waals surface area contributed by atoms with Crippen LogP contribution in [0, 0.1) is 6.92 Å². The van der Waals surface area contributed by atoms with E-state index in [1.165, 1.54) is 23.8 Å². The van der Waals surface area contributed by atoms with Gasteiger partial charge in [0, 0.05) is 0 Å². The maximum absolute atomic E-state index is 10.8. The fourth-order valence-corrected chi connectivity index (χ4v) is 1.90. The number of hydrazone groups is 1. The van der Waals surface area contributed by atoms with Crippen LogP contribution in [0.15, 0.2) is 47.6 Å². The van der Waals surface area contributed by atoms with Gasteiger partial charge in [-0.3, -0.25) is 5.43 Å². The van der Waals surface area contributed by atoms with E-state index in [4.69, 9.17) is 11.6 Å². The van der Waals surface area contributed by atoms with Crippen molar-refractivity contribution < 1.29 is 9.90 Å². The number of nitrogens with one attached hydrogen (secondary N) is 1. The van der Waals surface area contributed by atoms with Gasteiger partial charge < -0.3 is 9.90 Å². The highest BCUT2D eigenvalue weighted by atomic mass is 35.5. The van der Waals surface area contributed by atoms with E-state index in [1.54, 1.807) is 0 Å². The van der Waals surface area contributed by atoms with Crippen molar-refractivity contribution in [3.05, 3.63) is 64.2 Å². The van der Waals surface area contributed by atoms with Crippen LogP contribution in [0.5, 0.6) is 0 Å². The first kappa shape index (κ1) is 15.1. The molecule has 0 radical (unpaired) electrons. The molecule has 2 aromatic rings. The lowest BCUT2D eigenvalue weighted by molar-refractivity contribution is -0.255. The van der Waals surface area contributed by atoms with Gasteiger partial charge in [0.2, 0.25) is 0 Å². The van der Waals surface area contributed by atoms with Gasteiger partial charge in [0.1, 0.15) is 0 Å². The Morgan fingerprint density at radius 1 is 1.14 bits per heavy atom. The topological polar surface area (TPSA) is 64.5 Å². The molecule has 0 aliphatic rings. The number of carbonyl (C=O) groups is 1. The van der Waals surface area contributed by atoms with Crippen LogP contribution in [0.25, 0.3) is 0 Å². The lowest BCUT2D eigenvalue weighted by Crippen LogP contribution is -2.22. The summed E-state index contributed by atoms with van der Waals surface area (Å²) in [4.78, 5) is 10.8. The van der Waals surface area contributed by atoms with Crippen molar-refractivity contribution in [2.75, 3.05) is 5.43 Å². The third-order valence-corrected chi connectivity index (χ3v) is 3.35. The molecule has 2 rings (SSSR count). The van der Waals surface area contributed by atoms with Crippen molar-refractivity contribution in [2.24, 2.45) is 5.10 Å². The number of halogens is 1. The molecule has 0 aromatic heterocycles. The van der Waals surface area contributed by atoms with Crippen LogP contribution in [-0.4, -0.2) is 11.7 Å². The molecule has 0 heterocycles. The van der Waals surface area contributed by atoms with Gasteiger partial charge in [0.25, 0.3) is 0 Å². The highest BCUT2D eigenvalue weighted by Crippen LogP contribution is 2.23. The molecule has 21 heavy (non-hydrogen) atoms. The maximum Gasteiger partial charge on any atom is 0.0754 e. The molecule has 0 amide bonds. The molecule has 0 unspecified atom stereocenters. The lowest BCUT2D eigenvalue weighted by Gasteiger charge is -2.09. The second-order valence-electron chi connectivity index (χ2n) is 4.66. The molecule has 108 valence electrons. The van der Waals surface area contributed by atoms with E-state index >= 15 is 0 Å². The van der Waals surface area contributed by atoms with Crippen LogP contribution < -0.4 is 10.5 Å². The van der Waals surface area contributed by atoms with Gasteiger partial charge in [-0.15, -0.1) is 0 Å². The zero-order valence-electron chi connectivity index (χ0n) is 11.7. The van der Waals surface area contributed by atoms with E-state index in [0.29, 0.717) is 10.7 Å². The van der Waals surface area contributed by atoms with Crippen molar-refractivity contribution in [3.63, 3.8) is 0 Å². The van der Waals surface area contributed by atoms with E-state index in [-0.39, 0.29) is 5.56 Å². The first-order valence-electron chi connectivity index (χ1n) is 6.35. The van der Waals surface area contributed by atoms with Gasteiger partial charge in [-0.25, -0.2) is 0 Å². The van der Waals surface area contributed by atoms with Crippen LogP contribution in [0.2, 0.25) is 5.02 Å². The number of carboxylic acid groups (broad SMARTS) is 1. The highest BCUT2D eigenvalue weighted by molar-refractivity contribution is 6.33. The summed E-state index contributed by atoms with van der Waals surface area (Å²) >= 11 is 6.01. The Balaban J connectivity index is 2.21. The number of hydrogen-bond acceptors (Lipinski definition) is 4. The summed E-state index contributed by atoms with van der Waals surface area (Å²) in [5, 5.41) is 15.5. The number of hydrogen-bond donors (Lipinski definition) is 1. The number of benzene rings is 2. The normalized spacial score (nSPS) is 11.3. The molecule has 0 aliphatic carbocycles. The highest BCUT2D eigenvalue weighted by Gasteiger charge is 2.03. The third-order valence-electron chi connectivity index (χ3n) is 3.02. The second kappa shape index (κ2) is 6.41. The molecule has 0 aliphatic heterocycles. The number of aryl methyl sites for hydroxylation is 1. The van der Waals surface area contributed by atoms with E-state index < -0.39 is 5.97 Å². The van der Waals surface area contributed by atoms with E-state index in [9.17, 15) is 9.90 Å². The van der Waals surface area contributed by atoms with Crippen molar-refractivity contribution in [1.29, 1.82) is 0 Å². The summed E-state index contributed by atoms with van der Waals surface area (Å²) in [7, 11) is 0. The van der Waals surface area contributed by atoms with E-state index in [1.807, 2.05) is 38.1 Å². The van der Waals surface area contributed by atoms with Crippen LogP contribution in [-0.2, 0) is 0 Å². The molecule has 0 saturated heterocycles. The molecule has 5 heteroatoms. The monoisotopic (exact) mass is 301 g/mol. The molecule has 0 atom stereocenters. The van der Waals surface area contributed by atoms with Crippen molar-refractivity contribution in [3.8, 4) is 0 Å². The Morgan fingerprint density at radius 2 is 1.76 bits per heavy atom. The average Bonchev–Trinajstić information content (AvgIpc) is 2.46. The van der Waals surface area contributed by atoms with Crippen LogP contribution in [0.3, 0.4) is 0 Å². The van der Waals surface area contributed by atoms with Gasteiger partial charge >= 0.3 is 0 Å². The number of anilines is 1. The van der Waals surface area contributed by atoms with Gasteiger partial charge in [-0.05, 0) is 37.1 Å². The molecule has 1 N–H and O–H groups in total. The largest absolute Gasteiger partial charge is 0.545 e. The number of carbonyl (C=O) groups excluding carboxylic acids is 1. The van der Waals surface area contributed by atoms with E-state index in [2.05, 4.69) is 10.5 Å². The van der Waals surface area contributed by atoms with Crippen LogP contribution in [0.1, 0.15) is 28.4 Å². The number of aromatic carboxylic acids is 1. The predicted octanol–water partition coefficient (Wildman–Crippen LogP) is 2.85. The summed E-state index contributed by atoms with van der Waals surface area (Å²) in [6.07, 6.45) is 0. The Bertz CT molecular complexity index is 694. The maximum atomic E-state index is 10.8. The first-order chi connectivity index (χ1) is 9.97. The summed E-state index contributed by atoms with van der Waals surface area (Å²) < 4.78 is 0. The fraction of sp³-hybridized carbons (Fsp3) is 0.125. The molecular weight excluding hydrogens is 288 g/mol.